The summed E-state index contributed by atoms with van der Waals surface area (Å²) in [5.41, 5.74) is 0. The molecule has 1 heteroatoms. The molecule has 7 heavy (non-hydrogen) atoms. The predicted octanol–water partition coefficient (Wildman–Crippen LogP) is -0.0706. The van der Waals surface area contributed by atoms with Gasteiger partial charge in [0.1, 0.15) is 0 Å². The van der Waals surface area contributed by atoms with Gasteiger partial charge in [-0.3, -0.25) is 0 Å². The summed E-state index contributed by atoms with van der Waals surface area (Å²) in [6.45, 7) is 4.48. The zero-order valence-corrected chi connectivity index (χ0v) is 5.78. The van der Waals surface area contributed by atoms with Crippen molar-refractivity contribution in [1.29, 1.82) is 0 Å². The van der Waals surface area contributed by atoms with Gasteiger partial charge >= 0.3 is 0 Å². The normalized spacial score (nSPS) is 15.0. The zero-order valence-electron chi connectivity index (χ0n) is 5.78. The molecule has 0 fully saturated rings. The van der Waals surface area contributed by atoms with Gasteiger partial charge in [-0.1, -0.05) is 6.92 Å². The molecular weight excluding hydrogens is 86.1 g/mol. The second-order valence-corrected chi connectivity index (χ2v) is 2.39. The molecule has 1 atom stereocenters. The highest BCUT2D eigenvalue weighted by atomic mass is 15.1. The van der Waals surface area contributed by atoms with E-state index in [2.05, 4.69) is 27.9 Å². The van der Waals surface area contributed by atoms with Crippen molar-refractivity contribution in [3.63, 3.8) is 0 Å². The van der Waals surface area contributed by atoms with E-state index in [0.717, 1.165) is 6.04 Å². The highest BCUT2D eigenvalue weighted by molar-refractivity contribution is 4.36. The zero-order chi connectivity index (χ0) is 5.86. The lowest BCUT2D eigenvalue weighted by Crippen LogP contribution is -3.09. The molecule has 0 aromatic heterocycles. The third-order valence-corrected chi connectivity index (χ3v) is 1.60. The molecule has 44 valence electrons. The summed E-state index contributed by atoms with van der Waals surface area (Å²) >= 11 is 0. The molecule has 0 heterocycles. The quantitative estimate of drug-likeness (QED) is 0.498. The molecule has 0 aliphatic heterocycles. The standard InChI is InChI=1S/C6H15N/c1-5-6(2)7(3)4/h6H,5H2,1-4H3/p+1/t6-/m1/s1. The fraction of sp³-hybridized carbons (Fsp3) is 1.00. The Bertz CT molecular complexity index is 41.4. The van der Waals surface area contributed by atoms with E-state index in [0.29, 0.717) is 0 Å². The summed E-state index contributed by atoms with van der Waals surface area (Å²) in [5, 5.41) is 0. The van der Waals surface area contributed by atoms with Crippen LogP contribution < -0.4 is 4.90 Å². The minimum absolute atomic E-state index is 0.819. The summed E-state index contributed by atoms with van der Waals surface area (Å²) < 4.78 is 0. The molecule has 0 saturated heterocycles. The summed E-state index contributed by atoms with van der Waals surface area (Å²) in [7, 11) is 4.38. The minimum Gasteiger partial charge on any atom is -0.338 e. The largest absolute Gasteiger partial charge is 0.338 e. The van der Waals surface area contributed by atoms with E-state index in [-0.39, 0.29) is 0 Å². The first-order valence-electron chi connectivity index (χ1n) is 2.98. The number of rotatable bonds is 2. The first-order chi connectivity index (χ1) is 3.18. The summed E-state index contributed by atoms with van der Waals surface area (Å²) in [5.74, 6) is 0. The second kappa shape index (κ2) is 3.03. The van der Waals surface area contributed by atoms with Gasteiger partial charge in [0.25, 0.3) is 0 Å². The van der Waals surface area contributed by atoms with Crippen LogP contribution in [0.15, 0.2) is 0 Å². The van der Waals surface area contributed by atoms with E-state index in [9.17, 15) is 0 Å². The number of hydrogen-bond donors (Lipinski definition) is 1. The molecule has 0 aromatic rings. The summed E-state index contributed by atoms with van der Waals surface area (Å²) in [4.78, 5) is 1.54. The lowest BCUT2D eigenvalue weighted by atomic mass is 10.2. The molecule has 0 bridgehead atoms. The Hall–Kier alpha value is -0.0400. The van der Waals surface area contributed by atoms with Gasteiger partial charge in [0, 0.05) is 0 Å². The SMILES string of the molecule is CC[C@@H](C)[NH+](C)C. The molecule has 0 amide bonds. The number of hydrogen-bond acceptors (Lipinski definition) is 0. The van der Waals surface area contributed by atoms with Crippen molar-refractivity contribution in [1.82, 2.24) is 0 Å². The molecular formula is C6H16N+. The van der Waals surface area contributed by atoms with Gasteiger partial charge in [0.05, 0.1) is 20.1 Å². The lowest BCUT2D eigenvalue weighted by Gasteiger charge is -2.13. The van der Waals surface area contributed by atoms with Gasteiger partial charge in [-0.05, 0) is 13.3 Å². The molecule has 1 nitrogen and oxygen atoms in total. The summed E-state index contributed by atoms with van der Waals surface area (Å²) in [6.07, 6.45) is 1.28. The van der Waals surface area contributed by atoms with Crippen molar-refractivity contribution >= 4 is 0 Å². The van der Waals surface area contributed by atoms with Crippen molar-refractivity contribution in [2.45, 2.75) is 26.3 Å². The van der Waals surface area contributed by atoms with Gasteiger partial charge in [0.2, 0.25) is 0 Å². The van der Waals surface area contributed by atoms with Gasteiger partial charge in [0.15, 0.2) is 0 Å². The van der Waals surface area contributed by atoms with Crippen LogP contribution in [-0.4, -0.2) is 20.1 Å². The maximum Gasteiger partial charge on any atom is 0.0839 e. The minimum atomic E-state index is 0.819. The Balaban J connectivity index is 3.14. The van der Waals surface area contributed by atoms with Crippen molar-refractivity contribution in [3.8, 4) is 0 Å². The van der Waals surface area contributed by atoms with Crippen molar-refractivity contribution in [3.05, 3.63) is 0 Å². The molecule has 1 N–H and O–H groups in total. The molecule has 0 aliphatic rings. The monoisotopic (exact) mass is 102 g/mol. The topological polar surface area (TPSA) is 4.44 Å². The van der Waals surface area contributed by atoms with E-state index in [1.807, 2.05) is 0 Å². The number of nitrogens with one attached hydrogen (secondary N) is 1. The van der Waals surface area contributed by atoms with Crippen LogP contribution in [0.3, 0.4) is 0 Å². The van der Waals surface area contributed by atoms with Crippen LogP contribution in [0.1, 0.15) is 20.3 Å². The van der Waals surface area contributed by atoms with Crippen LogP contribution in [0.5, 0.6) is 0 Å². The highest BCUT2D eigenvalue weighted by Crippen LogP contribution is 1.77. The Morgan fingerprint density at radius 3 is 1.86 bits per heavy atom. The van der Waals surface area contributed by atoms with Crippen molar-refractivity contribution in [2.24, 2.45) is 0 Å². The summed E-state index contributed by atoms with van der Waals surface area (Å²) in [6, 6.07) is 0.819. The van der Waals surface area contributed by atoms with Crippen molar-refractivity contribution in [2.75, 3.05) is 14.1 Å². The third-order valence-electron chi connectivity index (χ3n) is 1.60. The molecule has 0 rings (SSSR count). The Kier molecular flexibility index (Phi) is 3.01. The van der Waals surface area contributed by atoms with Crippen LogP contribution >= 0.6 is 0 Å². The Morgan fingerprint density at radius 2 is 1.86 bits per heavy atom. The smallest absolute Gasteiger partial charge is 0.0839 e. The third kappa shape index (κ3) is 2.63. The Labute approximate surface area is 46.3 Å². The first kappa shape index (κ1) is 6.96. The molecule has 0 aromatic carbocycles. The number of quaternary nitrogens is 1. The lowest BCUT2D eigenvalue weighted by molar-refractivity contribution is -0.883. The molecule has 0 aliphatic carbocycles. The first-order valence-corrected chi connectivity index (χ1v) is 2.98. The maximum absolute atomic E-state index is 2.26. The van der Waals surface area contributed by atoms with Crippen LogP contribution in [-0.2, 0) is 0 Å². The average molecular weight is 102 g/mol. The molecule has 0 radical (unpaired) electrons. The fourth-order valence-corrected chi connectivity index (χ4v) is 0.408. The van der Waals surface area contributed by atoms with E-state index in [1.54, 1.807) is 4.90 Å². The van der Waals surface area contributed by atoms with E-state index in [1.165, 1.54) is 6.42 Å². The predicted molar refractivity (Wildman–Crippen MR) is 32.6 cm³/mol. The van der Waals surface area contributed by atoms with Gasteiger partial charge in [-0.2, -0.15) is 0 Å². The average Bonchev–Trinajstić information content (AvgIpc) is 1.65. The van der Waals surface area contributed by atoms with E-state index in [4.69, 9.17) is 0 Å². The van der Waals surface area contributed by atoms with Crippen molar-refractivity contribution < 1.29 is 4.90 Å². The molecule has 0 unspecified atom stereocenters. The van der Waals surface area contributed by atoms with Gasteiger partial charge in [-0.25, -0.2) is 0 Å². The van der Waals surface area contributed by atoms with E-state index >= 15 is 0 Å². The molecule has 0 saturated carbocycles. The van der Waals surface area contributed by atoms with Crippen LogP contribution in [0.4, 0.5) is 0 Å². The second-order valence-electron chi connectivity index (χ2n) is 2.39. The fourth-order valence-electron chi connectivity index (χ4n) is 0.408. The molecule has 0 spiro atoms. The van der Waals surface area contributed by atoms with Crippen LogP contribution in [0, 0.1) is 0 Å². The maximum atomic E-state index is 2.26. The Morgan fingerprint density at radius 1 is 1.43 bits per heavy atom. The van der Waals surface area contributed by atoms with Gasteiger partial charge in [-0.15, -0.1) is 0 Å². The van der Waals surface area contributed by atoms with Crippen LogP contribution in [0.25, 0.3) is 0 Å². The highest BCUT2D eigenvalue weighted by Gasteiger charge is 2.01. The van der Waals surface area contributed by atoms with Gasteiger partial charge < -0.3 is 4.90 Å². The van der Waals surface area contributed by atoms with Crippen LogP contribution in [0.2, 0.25) is 0 Å². The van der Waals surface area contributed by atoms with E-state index < -0.39 is 0 Å².